The molecule has 0 saturated heterocycles. The number of carbonyl (C=O) groups excluding carboxylic acids is 1. The van der Waals surface area contributed by atoms with Crippen molar-refractivity contribution in [3.8, 4) is 21.8 Å². The normalized spacial score (nSPS) is 11.0. The summed E-state index contributed by atoms with van der Waals surface area (Å²) in [5.41, 5.74) is 6.34. The number of esters is 1. The summed E-state index contributed by atoms with van der Waals surface area (Å²) in [6.45, 7) is 4.30. The van der Waals surface area contributed by atoms with Crippen molar-refractivity contribution in [1.29, 1.82) is 0 Å². The Bertz CT molecular complexity index is 1100. The molecule has 2 heterocycles. The Labute approximate surface area is 156 Å². The fourth-order valence-electron chi connectivity index (χ4n) is 3.26. The summed E-state index contributed by atoms with van der Waals surface area (Å²) >= 11 is 1.81. The molecule has 0 saturated carbocycles. The van der Waals surface area contributed by atoms with Gasteiger partial charge in [0, 0.05) is 10.4 Å². The summed E-state index contributed by atoms with van der Waals surface area (Å²) < 4.78 is 6.08. The molecule has 0 aliphatic carbocycles. The van der Waals surface area contributed by atoms with E-state index in [1.165, 1.54) is 33.2 Å². The highest BCUT2D eigenvalue weighted by molar-refractivity contribution is 7.22. The van der Waals surface area contributed by atoms with E-state index in [2.05, 4.69) is 49.2 Å². The summed E-state index contributed by atoms with van der Waals surface area (Å²) in [5.74, 6) is -0.320. The molecule has 2 aromatic heterocycles. The van der Waals surface area contributed by atoms with Crippen molar-refractivity contribution in [2.75, 3.05) is 7.11 Å². The van der Waals surface area contributed by atoms with Gasteiger partial charge in [-0.3, -0.25) is 0 Å². The van der Waals surface area contributed by atoms with E-state index in [1.54, 1.807) is 12.1 Å². The van der Waals surface area contributed by atoms with Crippen LogP contribution in [0.1, 0.15) is 21.5 Å². The Morgan fingerprint density at radius 2 is 1.69 bits per heavy atom. The highest BCUT2D eigenvalue weighted by Gasteiger charge is 2.10. The van der Waals surface area contributed by atoms with Crippen LogP contribution in [0.2, 0.25) is 0 Å². The van der Waals surface area contributed by atoms with Crippen LogP contribution in [-0.4, -0.2) is 18.1 Å². The Kier molecular flexibility index (Phi) is 4.13. The van der Waals surface area contributed by atoms with Gasteiger partial charge in [0.15, 0.2) is 0 Å². The molecule has 0 unspecified atom stereocenters. The van der Waals surface area contributed by atoms with E-state index in [1.807, 2.05) is 23.5 Å². The van der Waals surface area contributed by atoms with E-state index in [0.29, 0.717) is 5.56 Å². The standard InChI is InChI=1S/C22H19NO2S/c1-13-10-14(2)21-17(11-13)12-20(26-21)19-9-8-18(23-19)15-4-6-16(7-5-15)22(24)25-3/h4-12,23H,1-3H3. The Balaban J connectivity index is 1.68. The van der Waals surface area contributed by atoms with Crippen LogP contribution in [0.5, 0.6) is 0 Å². The van der Waals surface area contributed by atoms with Gasteiger partial charge in [-0.05, 0) is 60.7 Å². The van der Waals surface area contributed by atoms with E-state index in [-0.39, 0.29) is 5.97 Å². The molecular formula is C22H19NO2S. The average molecular weight is 361 g/mol. The first-order valence-electron chi connectivity index (χ1n) is 8.44. The number of hydrogen-bond acceptors (Lipinski definition) is 3. The quantitative estimate of drug-likeness (QED) is 0.457. The molecule has 0 radical (unpaired) electrons. The number of methoxy groups -OCH3 is 1. The summed E-state index contributed by atoms with van der Waals surface area (Å²) in [6, 6.07) is 18.3. The zero-order valence-corrected chi connectivity index (χ0v) is 15.7. The van der Waals surface area contributed by atoms with Crippen LogP contribution < -0.4 is 0 Å². The van der Waals surface area contributed by atoms with Gasteiger partial charge in [-0.25, -0.2) is 4.79 Å². The molecule has 4 rings (SSSR count). The molecule has 26 heavy (non-hydrogen) atoms. The molecule has 0 amide bonds. The molecule has 3 nitrogen and oxygen atoms in total. The van der Waals surface area contributed by atoms with Crippen LogP contribution in [0.3, 0.4) is 0 Å². The van der Waals surface area contributed by atoms with Crippen LogP contribution in [-0.2, 0) is 4.74 Å². The van der Waals surface area contributed by atoms with Gasteiger partial charge in [0.2, 0.25) is 0 Å². The number of aromatic amines is 1. The fraction of sp³-hybridized carbons (Fsp3) is 0.136. The molecule has 0 atom stereocenters. The number of nitrogens with one attached hydrogen (secondary N) is 1. The van der Waals surface area contributed by atoms with Crippen molar-refractivity contribution in [2.24, 2.45) is 0 Å². The third-order valence-electron chi connectivity index (χ3n) is 4.51. The number of carbonyl (C=O) groups is 1. The van der Waals surface area contributed by atoms with E-state index < -0.39 is 0 Å². The van der Waals surface area contributed by atoms with Gasteiger partial charge in [0.25, 0.3) is 0 Å². The van der Waals surface area contributed by atoms with E-state index in [9.17, 15) is 4.79 Å². The highest BCUT2D eigenvalue weighted by atomic mass is 32.1. The second-order valence-corrected chi connectivity index (χ2v) is 7.52. The maximum Gasteiger partial charge on any atom is 0.337 e. The second kappa shape index (κ2) is 6.46. The van der Waals surface area contributed by atoms with E-state index >= 15 is 0 Å². The lowest BCUT2D eigenvalue weighted by molar-refractivity contribution is 0.0601. The van der Waals surface area contributed by atoms with Crippen molar-refractivity contribution < 1.29 is 9.53 Å². The summed E-state index contributed by atoms with van der Waals surface area (Å²) in [5, 5.41) is 1.29. The van der Waals surface area contributed by atoms with Gasteiger partial charge in [0.05, 0.1) is 23.2 Å². The number of benzene rings is 2. The van der Waals surface area contributed by atoms with Crippen LogP contribution >= 0.6 is 11.3 Å². The Morgan fingerprint density at radius 1 is 0.962 bits per heavy atom. The molecule has 0 fully saturated rings. The monoisotopic (exact) mass is 361 g/mol. The van der Waals surface area contributed by atoms with Gasteiger partial charge in [-0.1, -0.05) is 29.8 Å². The molecule has 4 heteroatoms. The zero-order chi connectivity index (χ0) is 18.3. The predicted molar refractivity (Wildman–Crippen MR) is 108 cm³/mol. The van der Waals surface area contributed by atoms with E-state index in [0.717, 1.165) is 17.0 Å². The van der Waals surface area contributed by atoms with Crippen LogP contribution in [0.15, 0.2) is 54.6 Å². The molecule has 0 bridgehead atoms. The average Bonchev–Trinajstić information content (AvgIpc) is 3.28. The molecule has 0 aliphatic rings. The third-order valence-corrected chi connectivity index (χ3v) is 5.83. The predicted octanol–water partition coefficient (Wildman–Crippen LogP) is 5.97. The molecule has 4 aromatic rings. The number of aromatic nitrogens is 1. The summed E-state index contributed by atoms with van der Waals surface area (Å²) in [7, 11) is 1.39. The lowest BCUT2D eigenvalue weighted by Crippen LogP contribution is -2.00. The van der Waals surface area contributed by atoms with Crippen LogP contribution in [0, 0.1) is 13.8 Å². The van der Waals surface area contributed by atoms with Gasteiger partial charge in [-0.2, -0.15) is 0 Å². The first-order valence-corrected chi connectivity index (χ1v) is 9.26. The smallest absolute Gasteiger partial charge is 0.337 e. The number of aryl methyl sites for hydroxylation is 2. The summed E-state index contributed by atoms with van der Waals surface area (Å²) in [6.07, 6.45) is 0. The minimum Gasteiger partial charge on any atom is -0.465 e. The first kappa shape index (κ1) is 16.6. The molecule has 0 spiro atoms. The SMILES string of the molecule is COC(=O)c1ccc(-c2ccc(-c3cc4cc(C)cc(C)c4s3)[nH]2)cc1. The van der Waals surface area contributed by atoms with Crippen LogP contribution in [0.25, 0.3) is 31.9 Å². The topological polar surface area (TPSA) is 42.1 Å². The summed E-state index contributed by atoms with van der Waals surface area (Å²) in [4.78, 5) is 16.3. The van der Waals surface area contributed by atoms with Crippen molar-refractivity contribution in [2.45, 2.75) is 13.8 Å². The number of fused-ring (bicyclic) bond motifs is 1. The third kappa shape index (κ3) is 2.93. The molecule has 2 aromatic carbocycles. The zero-order valence-electron chi connectivity index (χ0n) is 14.9. The fourth-order valence-corrected chi connectivity index (χ4v) is 4.35. The largest absolute Gasteiger partial charge is 0.465 e. The molecule has 0 aliphatic heterocycles. The van der Waals surface area contributed by atoms with Crippen LogP contribution in [0.4, 0.5) is 0 Å². The van der Waals surface area contributed by atoms with Gasteiger partial charge in [0.1, 0.15) is 0 Å². The molecular weight excluding hydrogens is 342 g/mol. The minimum absolute atomic E-state index is 0.320. The number of hydrogen-bond donors (Lipinski definition) is 1. The second-order valence-electron chi connectivity index (χ2n) is 6.47. The highest BCUT2D eigenvalue weighted by Crippen LogP contribution is 2.36. The van der Waals surface area contributed by atoms with Crippen molar-refractivity contribution in [1.82, 2.24) is 4.98 Å². The van der Waals surface area contributed by atoms with Gasteiger partial charge in [-0.15, -0.1) is 11.3 Å². The molecule has 130 valence electrons. The first-order chi connectivity index (χ1) is 12.5. The minimum atomic E-state index is -0.320. The maximum atomic E-state index is 11.6. The number of H-pyrrole nitrogens is 1. The molecule has 1 N–H and O–H groups in total. The van der Waals surface area contributed by atoms with Crippen molar-refractivity contribution >= 4 is 27.4 Å². The lowest BCUT2D eigenvalue weighted by atomic mass is 10.1. The van der Waals surface area contributed by atoms with Crippen molar-refractivity contribution in [3.05, 3.63) is 71.3 Å². The van der Waals surface area contributed by atoms with Crippen molar-refractivity contribution in [3.63, 3.8) is 0 Å². The van der Waals surface area contributed by atoms with Gasteiger partial charge < -0.3 is 9.72 Å². The van der Waals surface area contributed by atoms with Gasteiger partial charge >= 0.3 is 5.97 Å². The maximum absolute atomic E-state index is 11.6. The number of rotatable bonds is 3. The van der Waals surface area contributed by atoms with E-state index in [4.69, 9.17) is 4.74 Å². The lowest BCUT2D eigenvalue weighted by Gasteiger charge is -2.01. The Hall–Kier alpha value is -2.85. The number of ether oxygens (including phenoxy) is 1. The number of thiophene rings is 1. The Morgan fingerprint density at radius 3 is 2.42 bits per heavy atom.